The number of nitrogens with two attached hydrogens (primary N) is 1. The van der Waals surface area contributed by atoms with Crippen LogP contribution in [-0.2, 0) is 7.05 Å². The number of nitrogens with zero attached hydrogens (tertiary/aromatic N) is 6. The molecule has 9 heteroatoms. The predicted molar refractivity (Wildman–Crippen MR) is 55.9 cm³/mol. The zero-order valence-electron chi connectivity index (χ0n) is 8.65. The minimum Gasteiger partial charge on any atom is -0.467 e. The van der Waals surface area contributed by atoms with Gasteiger partial charge in [-0.15, -0.1) is 10.2 Å². The van der Waals surface area contributed by atoms with Gasteiger partial charge in [-0.1, -0.05) is 0 Å². The van der Waals surface area contributed by atoms with Crippen LogP contribution >= 0.6 is 11.8 Å². The number of anilines is 1. The first-order chi connectivity index (χ1) is 7.69. The minimum atomic E-state index is 0.108. The number of hydrogen-bond acceptors (Lipinski definition) is 8. The summed E-state index contributed by atoms with van der Waals surface area (Å²) in [6, 6.07) is 0.178. The molecule has 0 aromatic carbocycles. The molecule has 16 heavy (non-hydrogen) atoms. The Kier molecular flexibility index (Phi) is 2.86. The largest absolute Gasteiger partial charge is 0.467 e. The van der Waals surface area contributed by atoms with Crippen molar-refractivity contribution in [3.05, 3.63) is 6.33 Å². The Morgan fingerprint density at radius 1 is 1.38 bits per heavy atom. The van der Waals surface area contributed by atoms with Crippen molar-refractivity contribution >= 4 is 17.7 Å². The molecule has 2 aromatic rings. The highest BCUT2D eigenvalue weighted by Crippen LogP contribution is 2.22. The van der Waals surface area contributed by atoms with Gasteiger partial charge in [0.25, 0.3) is 0 Å². The van der Waals surface area contributed by atoms with E-state index in [0.717, 1.165) is 0 Å². The van der Waals surface area contributed by atoms with Crippen molar-refractivity contribution in [3.8, 4) is 6.01 Å². The van der Waals surface area contributed by atoms with Gasteiger partial charge < -0.3 is 15.0 Å². The van der Waals surface area contributed by atoms with Gasteiger partial charge in [0, 0.05) is 7.05 Å². The molecule has 0 fully saturated rings. The van der Waals surface area contributed by atoms with Gasteiger partial charge in [-0.25, -0.2) is 0 Å². The van der Waals surface area contributed by atoms with Crippen LogP contribution in [0.2, 0.25) is 0 Å². The second-order valence-electron chi connectivity index (χ2n) is 2.79. The van der Waals surface area contributed by atoms with Gasteiger partial charge in [0.15, 0.2) is 5.16 Å². The summed E-state index contributed by atoms with van der Waals surface area (Å²) in [5.74, 6) is 0.108. The highest BCUT2D eigenvalue weighted by Gasteiger charge is 2.09. The maximum Gasteiger partial charge on any atom is 0.321 e. The fourth-order valence-electron chi connectivity index (χ4n) is 0.936. The number of aryl methyl sites for hydroxylation is 1. The molecule has 0 saturated heterocycles. The third-order valence-electron chi connectivity index (χ3n) is 1.65. The summed E-state index contributed by atoms with van der Waals surface area (Å²) in [4.78, 5) is 11.8. The summed E-state index contributed by atoms with van der Waals surface area (Å²) < 4.78 is 6.63. The molecule has 2 heterocycles. The average molecular weight is 239 g/mol. The van der Waals surface area contributed by atoms with E-state index < -0.39 is 0 Å². The van der Waals surface area contributed by atoms with E-state index in [1.807, 2.05) is 7.05 Å². The van der Waals surface area contributed by atoms with Gasteiger partial charge in [0.1, 0.15) is 6.33 Å². The predicted octanol–water partition coefficient (Wildman–Crippen LogP) is -0.258. The van der Waals surface area contributed by atoms with Crippen molar-refractivity contribution in [1.29, 1.82) is 0 Å². The Balaban J connectivity index is 2.28. The van der Waals surface area contributed by atoms with E-state index in [4.69, 9.17) is 10.5 Å². The molecule has 0 aliphatic rings. The standard InChI is InChI=1S/C7H9N7OS/c1-14-3-9-13-7(14)16-6-11-4(8)10-5(12-6)15-2/h3H,1-2H3,(H2,8,10,11,12). The fraction of sp³-hybridized carbons (Fsp3) is 0.286. The molecule has 2 rings (SSSR count). The first-order valence-electron chi connectivity index (χ1n) is 4.26. The Morgan fingerprint density at radius 3 is 2.81 bits per heavy atom. The van der Waals surface area contributed by atoms with Crippen LogP contribution in [0.3, 0.4) is 0 Å². The van der Waals surface area contributed by atoms with E-state index in [9.17, 15) is 0 Å². The maximum atomic E-state index is 5.50. The van der Waals surface area contributed by atoms with Crippen LogP contribution in [-0.4, -0.2) is 36.8 Å². The van der Waals surface area contributed by atoms with E-state index >= 15 is 0 Å². The molecule has 0 saturated carbocycles. The first kappa shape index (κ1) is 10.6. The third-order valence-corrected chi connectivity index (χ3v) is 2.56. The molecule has 0 bridgehead atoms. The van der Waals surface area contributed by atoms with Crippen LogP contribution < -0.4 is 10.5 Å². The van der Waals surface area contributed by atoms with Crippen LogP contribution in [0.5, 0.6) is 6.01 Å². The van der Waals surface area contributed by atoms with E-state index in [1.165, 1.54) is 18.9 Å². The lowest BCUT2D eigenvalue weighted by Gasteiger charge is -2.02. The number of methoxy groups -OCH3 is 1. The molecule has 8 nitrogen and oxygen atoms in total. The maximum absolute atomic E-state index is 5.50. The van der Waals surface area contributed by atoms with Crippen LogP contribution in [0.25, 0.3) is 0 Å². The molecule has 84 valence electrons. The van der Waals surface area contributed by atoms with Gasteiger partial charge in [0.05, 0.1) is 7.11 Å². The quantitative estimate of drug-likeness (QED) is 0.781. The molecule has 0 unspecified atom stereocenters. The molecule has 0 amide bonds. The highest BCUT2D eigenvalue weighted by atomic mass is 32.2. The van der Waals surface area contributed by atoms with Crippen LogP contribution in [0, 0.1) is 0 Å². The van der Waals surface area contributed by atoms with Crippen molar-refractivity contribution in [2.45, 2.75) is 10.3 Å². The Morgan fingerprint density at radius 2 is 2.19 bits per heavy atom. The molecule has 0 radical (unpaired) electrons. The number of aromatic nitrogens is 6. The van der Waals surface area contributed by atoms with Crippen molar-refractivity contribution in [1.82, 2.24) is 29.7 Å². The lowest BCUT2D eigenvalue weighted by Crippen LogP contribution is -2.02. The molecule has 0 atom stereocenters. The number of hydrogen-bond donors (Lipinski definition) is 1. The SMILES string of the molecule is COc1nc(N)nc(Sc2nncn2C)n1. The number of nitrogen functional groups attached to an aromatic ring is 1. The van der Waals surface area contributed by atoms with Gasteiger partial charge in [-0.05, 0) is 11.8 Å². The normalized spacial score (nSPS) is 10.4. The Bertz CT molecular complexity index is 499. The lowest BCUT2D eigenvalue weighted by atomic mass is 10.9. The van der Waals surface area contributed by atoms with E-state index in [1.54, 1.807) is 10.9 Å². The van der Waals surface area contributed by atoms with Gasteiger partial charge in [-0.3, -0.25) is 0 Å². The smallest absolute Gasteiger partial charge is 0.321 e. The van der Waals surface area contributed by atoms with E-state index in [0.29, 0.717) is 10.3 Å². The third kappa shape index (κ3) is 2.19. The van der Waals surface area contributed by atoms with E-state index in [2.05, 4.69) is 25.1 Å². The number of ether oxygens (including phenoxy) is 1. The van der Waals surface area contributed by atoms with Gasteiger partial charge >= 0.3 is 6.01 Å². The van der Waals surface area contributed by atoms with Crippen molar-refractivity contribution in [2.24, 2.45) is 7.05 Å². The average Bonchev–Trinajstić information content (AvgIpc) is 2.63. The van der Waals surface area contributed by atoms with Gasteiger partial charge in [-0.2, -0.15) is 15.0 Å². The van der Waals surface area contributed by atoms with Crippen LogP contribution in [0.15, 0.2) is 16.6 Å². The topological polar surface area (TPSA) is 105 Å². The minimum absolute atomic E-state index is 0.108. The molecule has 0 spiro atoms. The summed E-state index contributed by atoms with van der Waals surface area (Å²) >= 11 is 1.23. The molecule has 0 aliphatic carbocycles. The molecular weight excluding hydrogens is 230 g/mol. The van der Waals surface area contributed by atoms with Crippen LogP contribution in [0.1, 0.15) is 0 Å². The Hall–Kier alpha value is -1.90. The van der Waals surface area contributed by atoms with Gasteiger partial charge in [0.2, 0.25) is 11.1 Å². The summed E-state index contributed by atoms with van der Waals surface area (Å²) in [5, 5.41) is 8.71. The van der Waals surface area contributed by atoms with Crippen LogP contribution in [0.4, 0.5) is 5.95 Å². The van der Waals surface area contributed by atoms with E-state index in [-0.39, 0.29) is 12.0 Å². The fourth-order valence-corrected chi connectivity index (χ4v) is 1.64. The first-order valence-corrected chi connectivity index (χ1v) is 5.08. The highest BCUT2D eigenvalue weighted by molar-refractivity contribution is 7.99. The second kappa shape index (κ2) is 4.31. The summed E-state index contributed by atoms with van der Waals surface area (Å²) in [6.07, 6.45) is 1.59. The molecule has 2 aromatic heterocycles. The zero-order chi connectivity index (χ0) is 11.5. The summed E-state index contributed by atoms with van der Waals surface area (Å²) in [7, 11) is 3.29. The number of rotatable bonds is 3. The monoisotopic (exact) mass is 239 g/mol. The van der Waals surface area contributed by atoms with Crippen molar-refractivity contribution in [2.75, 3.05) is 12.8 Å². The molecular formula is C7H9N7OS. The molecule has 2 N–H and O–H groups in total. The van der Waals surface area contributed by atoms with Crippen molar-refractivity contribution in [3.63, 3.8) is 0 Å². The molecule has 0 aliphatic heterocycles. The lowest BCUT2D eigenvalue weighted by molar-refractivity contribution is 0.374. The summed E-state index contributed by atoms with van der Waals surface area (Å²) in [6.45, 7) is 0. The zero-order valence-corrected chi connectivity index (χ0v) is 9.47. The second-order valence-corrected chi connectivity index (χ2v) is 3.72. The summed E-state index contributed by atoms with van der Waals surface area (Å²) in [5.41, 5.74) is 5.50. The van der Waals surface area contributed by atoms with Crippen molar-refractivity contribution < 1.29 is 4.74 Å². The Labute approximate surface area is 95.3 Å².